The zero-order valence-corrected chi connectivity index (χ0v) is 5.82. The van der Waals surface area contributed by atoms with Crippen molar-refractivity contribution in [1.82, 2.24) is 5.32 Å². The summed E-state index contributed by atoms with van der Waals surface area (Å²) in [6.45, 7) is -1.94. The Hall–Kier alpha value is -0.850. The van der Waals surface area contributed by atoms with Gasteiger partial charge in [-0.15, -0.1) is 0 Å². The smallest absolute Gasteiger partial charge is 0.405 e. The molecular formula is C5H11NO5. The summed E-state index contributed by atoms with van der Waals surface area (Å²) in [5, 5.41) is 35.7. The third-order valence-electron chi connectivity index (χ3n) is 1.28. The van der Waals surface area contributed by atoms with E-state index in [1.54, 1.807) is 0 Å². The van der Waals surface area contributed by atoms with Crippen LogP contribution in [0.25, 0.3) is 0 Å². The Bertz CT molecular complexity index is 125. The number of carbonyl (C=O) groups is 1. The zero-order chi connectivity index (χ0) is 8.91. The quantitative estimate of drug-likeness (QED) is 0.330. The molecule has 0 aromatic rings. The summed E-state index contributed by atoms with van der Waals surface area (Å²) in [6.07, 6.45) is -1.40. The summed E-state index contributed by atoms with van der Waals surface area (Å²) < 4.78 is 0. The molecule has 0 fully saturated rings. The molecule has 6 heteroatoms. The van der Waals surface area contributed by atoms with Crippen LogP contribution in [0.5, 0.6) is 0 Å². The Balaban J connectivity index is 4.16. The van der Waals surface area contributed by atoms with E-state index in [1.165, 1.54) is 0 Å². The zero-order valence-electron chi connectivity index (χ0n) is 5.82. The number of nitrogens with one attached hydrogen (secondary N) is 1. The van der Waals surface area contributed by atoms with E-state index < -0.39 is 31.5 Å². The monoisotopic (exact) mass is 165 g/mol. The SMILES string of the molecule is O=C(O)NC(CO)(CO)CO. The summed E-state index contributed by atoms with van der Waals surface area (Å²) in [5.74, 6) is 0. The van der Waals surface area contributed by atoms with Gasteiger partial charge in [-0.1, -0.05) is 0 Å². The Morgan fingerprint density at radius 3 is 1.64 bits per heavy atom. The van der Waals surface area contributed by atoms with E-state index in [4.69, 9.17) is 20.4 Å². The Labute approximate surface area is 63.1 Å². The molecule has 0 radical (unpaired) electrons. The minimum absolute atomic E-state index is 0.647. The van der Waals surface area contributed by atoms with Crippen molar-refractivity contribution >= 4 is 6.09 Å². The van der Waals surface area contributed by atoms with Crippen LogP contribution in [0.4, 0.5) is 4.79 Å². The molecule has 0 aromatic heterocycles. The van der Waals surface area contributed by atoms with Crippen molar-refractivity contribution < 1.29 is 25.2 Å². The molecule has 0 aliphatic carbocycles. The van der Waals surface area contributed by atoms with Crippen LogP contribution in [0.1, 0.15) is 0 Å². The third kappa shape index (κ3) is 2.71. The highest BCUT2D eigenvalue weighted by molar-refractivity contribution is 5.65. The lowest BCUT2D eigenvalue weighted by Gasteiger charge is -2.26. The maximum Gasteiger partial charge on any atom is 0.405 e. The second-order valence-corrected chi connectivity index (χ2v) is 2.18. The highest BCUT2D eigenvalue weighted by Gasteiger charge is 2.29. The molecule has 0 aliphatic rings. The lowest BCUT2D eigenvalue weighted by Crippen LogP contribution is -2.56. The number of hydrogen-bond acceptors (Lipinski definition) is 4. The van der Waals surface area contributed by atoms with Crippen LogP contribution >= 0.6 is 0 Å². The number of carboxylic acid groups (broad SMARTS) is 1. The molecule has 1 amide bonds. The van der Waals surface area contributed by atoms with E-state index in [2.05, 4.69) is 0 Å². The third-order valence-corrected chi connectivity index (χ3v) is 1.28. The van der Waals surface area contributed by atoms with Crippen LogP contribution in [-0.2, 0) is 0 Å². The van der Waals surface area contributed by atoms with Crippen LogP contribution in [0.15, 0.2) is 0 Å². The second-order valence-electron chi connectivity index (χ2n) is 2.18. The number of hydrogen-bond donors (Lipinski definition) is 5. The topological polar surface area (TPSA) is 110 Å². The van der Waals surface area contributed by atoms with Gasteiger partial charge in [-0.25, -0.2) is 4.79 Å². The van der Waals surface area contributed by atoms with Crippen molar-refractivity contribution in [3.8, 4) is 0 Å². The number of rotatable bonds is 4. The first kappa shape index (κ1) is 10.2. The molecule has 0 heterocycles. The fourth-order valence-electron chi connectivity index (χ4n) is 0.495. The predicted molar refractivity (Wildman–Crippen MR) is 35.1 cm³/mol. The Morgan fingerprint density at radius 2 is 1.55 bits per heavy atom. The highest BCUT2D eigenvalue weighted by atomic mass is 16.4. The van der Waals surface area contributed by atoms with Crippen molar-refractivity contribution in [2.24, 2.45) is 0 Å². The summed E-state index contributed by atoms with van der Waals surface area (Å²) in [4.78, 5) is 10.0. The summed E-state index contributed by atoms with van der Waals surface area (Å²) in [5.41, 5.74) is -1.54. The molecular weight excluding hydrogens is 154 g/mol. The minimum atomic E-state index is -1.54. The van der Waals surface area contributed by atoms with Crippen molar-refractivity contribution in [2.45, 2.75) is 5.54 Å². The van der Waals surface area contributed by atoms with Gasteiger partial charge in [-0.05, 0) is 0 Å². The normalized spacial score (nSPS) is 11.2. The van der Waals surface area contributed by atoms with Crippen LogP contribution in [0.3, 0.4) is 0 Å². The van der Waals surface area contributed by atoms with Crippen molar-refractivity contribution in [3.05, 3.63) is 0 Å². The van der Waals surface area contributed by atoms with E-state index in [-0.39, 0.29) is 0 Å². The van der Waals surface area contributed by atoms with Gasteiger partial charge in [0.05, 0.1) is 19.8 Å². The molecule has 0 bridgehead atoms. The minimum Gasteiger partial charge on any atom is -0.465 e. The van der Waals surface area contributed by atoms with E-state index in [0.717, 1.165) is 0 Å². The lowest BCUT2D eigenvalue weighted by molar-refractivity contribution is 0.0429. The number of aliphatic hydroxyl groups is 3. The Kier molecular flexibility index (Phi) is 3.80. The van der Waals surface area contributed by atoms with E-state index >= 15 is 0 Å². The Morgan fingerprint density at radius 1 is 1.18 bits per heavy atom. The van der Waals surface area contributed by atoms with Crippen molar-refractivity contribution in [3.63, 3.8) is 0 Å². The fraction of sp³-hybridized carbons (Fsp3) is 0.800. The molecule has 66 valence electrons. The van der Waals surface area contributed by atoms with Gasteiger partial charge >= 0.3 is 6.09 Å². The van der Waals surface area contributed by atoms with Crippen molar-refractivity contribution in [1.29, 1.82) is 0 Å². The van der Waals surface area contributed by atoms with E-state index in [1.807, 2.05) is 5.32 Å². The maximum absolute atomic E-state index is 10.0. The highest BCUT2D eigenvalue weighted by Crippen LogP contribution is 2.00. The van der Waals surface area contributed by atoms with Gasteiger partial charge in [0.25, 0.3) is 0 Å². The van der Waals surface area contributed by atoms with Crippen LogP contribution in [-0.4, -0.2) is 51.9 Å². The summed E-state index contributed by atoms with van der Waals surface area (Å²) >= 11 is 0. The van der Waals surface area contributed by atoms with Gasteiger partial charge in [0.15, 0.2) is 0 Å². The number of aliphatic hydroxyl groups excluding tert-OH is 3. The predicted octanol–water partition coefficient (Wildman–Crippen LogP) is -2.03. The van der Waals surface area contributed by atoms with E-state index in [9.17, 15) is 4.79 Å². The van der Waals surface area contributed by atoms with Gasteiger partial charge in [0.1, 0.15) is 5.54 Å². The first-order valence-electron chi connectivity index (χ1n) is 2.94. The van der Waals surface area contributed by atoms with Gasteiger partial charge < -0.3 is 25.7 Å². The molecule has 0 aliphatic heterocycles. The molecule has 5 N–H and O–H groups in total. The first-order chi connectivity index (χ1) is 5.10. The molecule has 0 rings (SSSR count). The molecule has 0 aromatic carbocycles. The lowest BCUT2D eigenvalue weighted by atomic mass is 10.0. The van der Waals surface area contributed by atoms with Crippen LogP contribution < -0.4 is 5.32 Å². The first-order valence-corrected chi connectivity index (χ1v) is 2.94. The molecule has 11 heavy (non-hydrogen) atoms. The van der Waals surface area contributed by atoms with Crippen LogP contribution in [0, 0.1) is 0 Å². The van der Waals surface area contributed by atoms with Gasteiger partial charge in [0, 0.05) is 0 Å². The van der Waals surface area contributed by atoms with Crippen molar-refractivity contribution in [2.75, 3.05) is 19.8 Å². The van der Waals surface area contributed by atoms with Gasteiger partial charge in [-0.2, -0.15) is 0 Å². The van der Waals surface area contributed by atoms with E-state index in [0.29, 0.717) is 0 Å². The fourth-order valence-corrected chi connectivity index (χ4v) is 0.495. The largest absolute Gasteiger partial charge is 0.465 e. The summed E-state index contributed by atoms with van der Waals surface area (Å²) in [6, 6.07) is 0. The molecule has 0 spiro atoms. The molecule has 0 saturated heterocycles. The average molecular weight is 165 g/mol. The molecule has 6 nitrogen and oxygen atoms in total. The maximum atomic E-state index is 10.0. The average Bonchev–Trinajstić information content (AvgIpc) is 2.00. The van der Waals surface area contributed by atoms with Gasteiger partial charge in [-0.3, -0.25) is 0 Å². The second kappa shape index (κ2) is 4.12. The number of amides is 1. The molecule has 0 unspecified atom stereocenters. The standard InChI is InChI=1S/C5H11NO5/c7-1-5(2-8,3-9)6-4(10)11/h6-9H,1-3H2,(H,10,11). The van der Waals surface area contributed by atoms with Crippen LogP contribution in [0.2, 0.25) is 0 Å². The summed E-state index contributed by atoms with van der Waals surface area (Å²) in [7, 11) is 0. The molecule has 0 saturated carbocycles. The van der Waals surface area contributed by atoms with Gasteiger partial charge in [0.2, 0.25) is 0 Å². The molecule has 0 atom stereocenters.